The Labute approximate surface area is 93.2 Å². The van der Waals surface area contributed by atoms with Crippen molar-refractivity contribution in [1.29, 1.82) is 0 Å². The molecule has 0 heterocycles. The highest BCUT2D eigenvalue weighted by molar-refractivity contribution is 5.66. The Morgan fingerprint density at radius 3 is 2.00 bits per heavy atom. The summed E-state index contributed by atoms with van der Waals surface area (Å²) < 4.78 is 9.39. The van der Waals surface area contributed by atoms with Gasteiger partial charge in [-0.05, 0) is 6.92 Å². The summed E-state index contributed by atoms with van der Waals surface area (Å²) in [6, 6.07) is 0. The van der Waals surface area contributed by atoms with Crippen molar-refractivity contribution in [2.45, 2.75) is 38.4 Å². The Hall–Kier alpha value is -0.730. The fourth-order valence-corrected chi connectivity index (χ4v) is 0.975. The van der Waals surface area contributed by atoms with E-state index in [-0.39, 0.29) is 0 Å². The van der Waals surface area contributed by atoms with Crippen LogP contribution in [0.15, 0.2) is 0 Å². The average Bonchev–Trinajstić information content (AvgIpc) is 2.21. The fraction of sp³-hybridized carbons (Fsp3) is 0.889. The zero-order valence-electron chi connectivity index (χ0n) is 9.24. The van der Waals surface area contributed by atoms with Crippen molar-refractivity contribution in [3.63, 3.8) is 0 Å². The van der Waals surface area contributed by atoms with E-state index in [1.54, 1.807) is 0 Å². The number of rotatable bonds is 7. The molecule has 0 aromatic rings. The topological polar surface area (TPSA) is 116 Å². The number of aliphatic hydroxyl groups excluding tert-OH is 4. The summed E-state index contributed by atoms with van der Waals surface area (Å²) in [5.41, 5.74) is 0. The third kappa shape index (κ3) is 5.38. The van der Waals surface area contributed by atoms with Gasteiger partial charge in [-0.25, -0.2) is 0 Å². The van der Waals surface area contributed by atoms with Gasteiger partial charge in [0.15, 0.2) is 12.4 Å². The lowest BCUT2D eigenvalue weighted by Gasteiger charge is -2.26. The Balaban J connectivity index is 4.28. The van der Waals surface area contributed by atoms with E-state index >= 15 is 0 Å². The van der Waals surface area contributed by atoms with Crippen molar-refractivity contribution in [2.24, 2.45) is 0 Å². The number of carbonyl (C=O) groups excluding carboxylic acids is 1. The summed E-state index contributed by atoms with van der Waals surface area (Å²) >= 11 is 0. The quantitative estimate of drug-likeness (QED) is 0.299. The van der Waals surface area contributed by atoms with Gasteiger partial charge in [0, 0.05) is 6.92 Å². The second-order valence-electron chi connectivity index (χ2n) is 3.32. The smallest absolute Gasteiger partial charge is 0.303 e. The van der Waals surface area contributed by atoms with E-state index < -0.39 is 43.8 Å². The van der Waals surface area contributed by atoms with Gasteiger partial charge >= 0.3 is 5.97 Å². The molecule has 0 aliphatic heterocycles. The van der Waals surface area contributed by atoms with Gasteiger partial charge in [-0.1, -0.05) is 0 Å². The van der Waals surface area contributed by atoms with Crippen LogP contribution in [0.5, 0.6) is 0 Å². The molecule has 0 fully saturated rings. The van der Waals surface area contributed by atoms with Gasteiger partial charge < -0.3 is 29.9 Å². The van der Waals surface area contributed by atoms with Crippen LogP contribution in [0, 0.1) is 0 Å². The lowest BCUT2D eigenvalue weighted by atomic mass is 10.2. The molecule has 0 rings (SSSR count). The van der Waals surface area contributed by atoms with Crippen molar-refractivity contribution in [3.8, 4) is 0 Å². The molecule has 0 aromatic heterocycles. The van der Waals surface area contributed by atoms with Gasteiger partial charge in [-0.2, -0.15) is 0 Å². The Morgan fingerprint density at radius 1 is 1.19 bits per heavy atom. The molecule has 1 unspecified atom stereocenters. The molecule has 7 heteroatoms. The molecule has 0 aliphatic carbocycles. The number of esters is 1. The van der Waals surface area contributed by atoms with Crippen LogP contribution in [-0.2, 0) is 14.3 Å². The fourth-order valence-electron chi connectivity index (χ4n) is 0.975. The number of hydrogen-bond donors (Lipinski definition) is 4. The van der Waals surface area contributed by atoms with Crippen LogP contribution in [0.4, 0.5) is 0 Å². The maximum Gasteiger partial charge on any atom is 0.303 e. The van der Waals surface area contributed by atoms with Crippen LogP contribution in [0.3, 0.4) is 0 Å². The highest BCUT2D eigenvalue weighted by atomic mass is 16.7. The van der Waals surface area contributed by atoms with Crippen molar-refractivity contribution < 1.29 is 34.7 Å². The molecule has 0 aromatic carbocycles. The molecule has 7 nitrogen and oxygen atoms in total. The summed E-state index contributed by atoms with van der Waals surface area (Å²) in [4.78, 5) is 10.6. The Kier molecular flexibility index (Phi) is 7.18. The zero-order chi connectivity index (χ0) is 12.7. The van der Waals surface area contributed by atoms with Crippen LogP contribution in [0.1, 0.15) is 13.8 Å². The standard InChI is InChI=1S/C9H18O7/c1-5(12)7(3-10)16-9(14)8(4-11)15-6(2)13/h5,7-12,14H,3-4H2,1-2H3/t5-,7?,8+,9-/m0/s1. The first-order valence-electron chi connectivity index (χ1n) is 4.82. The molecule has 0 amide bonds. The first kappa shape index (κ1) is 15.3. The lowest BCUT2D eigenvalue weighted by molar-refractivity contribution is -0.227. The number of aliphatic hydroxyl groups is 4. The van der Waals surface area contributed by atoms with Crippen LogP contribution < -0.4 is 0 Å². The van der Waals surface area contributed by atoms with E-state index in [1.807, 2.05) is 0 Å². The molecule has 0 saturated heterocycles. The SMILES string of the molecule is CC(=O)O[C@H](CO)[C@@H](O)OC(CO)[C@H](C)O. The number of hydrogen-bond acceptors (Lipinski definition) is 7. The van der Waals surface area contributed by atoms with E-state index in [0.717, 1.165) is 6.92 Å². The van der Waals surface area contributed by atoms with Crippen LogP contribution in [0.2, 0.25) is 0 Å². The molecule has 0 spiro atoms. The molecular formula is C9H18O7. The normalized spacial score (nSPS) is 18.6. The summed E-state index contributed by atoms with van der Waals surface area (Å²) in [6.07, 6.45) is -4.87. The highest BCUT2D eigenvalue weighted by Crippen LogP contribution is 2.07. The largest absolute Gasteiger partial charge is 0.455 e. The third-order valence-corrected chi connectivity index (χ3v) is 1.85. The lowest BCUT2D eigenvalue weighted by Crippen LogP contribution is -2.42. The van der Waals surface area contributed by atoms with Gasteiger partial charge in [-0.15, -0.1) is 0 Å². The summed E-state index contributed by atoms with van der Waals surface area (Å²) in [7, 11) is 0. The van der Waals surface area contributed by atoms with E-state index in [4.69, 9.17) is 20.1 Å². The minimum atomic E-state index is -1.61. The molecule has 96 valence electrons. The molecule has 4 atom stereocenters. The van der Waals surface area contributed by atoms with E-state index in [2.05, 4.69) is 4.74 Å². The Morgan fingerprint density at radius 2 is 1.69 bits per heavy atom. The molecule has 0 radical (unpaired) electrons. The van der Waals surface area contributed by atoms with Gasteiger partial charge in [0.1, 0.15) is 6.10 Å². The van der Waals surface area contributed by atoms with E-state index in [1.165, 1.54) is 6.92 Å². The van der Waals surface area contributed by atoms with Gasteiger partial charge in [-0.3, -0.25) is 4.79 Å². The maximum absolute atomic E-state index is 10.6. The Bertz CT molecular complexity index is 206. The van der Waals surface area contributed by atoms with Crippen molar-refractivity contribution in [1.82, 2.24) is 0 Å². The molecule has 0 saturated carbocycles. The highest BCUT2D eigenvalue weighted by Gasteiger charge is 2.27. The molecule has 0 aliphatic rings. The monoisotopic (exact) mass is 238 g/mol. The minimum Gasteiger partial charge on any atom is -0.455 e. The van der Waals surface area contributed by atoms with Crippen LogP contribution in [-0.4, -0.2) is 64.2 Å². The van der Waals surface area contributed by atoms with Gasteiger partial charge in [0.2, 0.25) is 0 Å². The van der Waals surface area contributed by atoms with Crippen molar-refractivity contribution >= 4 is 5.97 Å². The zero-order valence-corrected chi connectivity index (χ0v) is 9.24. The maximum atomic E-state index is 10.6. The predicted octanol–water partition coefficient (Wildman–Crippen LogP) is -2.01. The first-order chi connectivity index (χ1) is 7.42. The minimum absolute atomic E-state index is 0.507. The van der Waals surface area contributed by atoms with Gasteiger partial charge in [0.05, 0.1) is 19.3 Å². The second-order valence-corrected chi connectivity index (χ2v) is 3.32. The average molecular weight is 238 g/mol. The van der Waals surface area contributed by atoms with Crippen LogP contribution >= 0.6 is 0 Å². The second kappa shape index (κ2) is 7.53. The number of ether oxygens (including phenoxy) is 2. The summed E-state index contributed by atoms with van der Waals surface area (Å²) in [5.74, 6) is -0.681. The van der Waals surface area contributed by atoms with Crippen LogP contribution in [0.25, 0.3) is 0 Å². The summed E-state index contributed by atoms with van der Waals surface area (Å²) in [5, 5.41) is 36.2. The van der Waals surface area contributed by atoms with Crippen molar-refractivity contribution in [2.75, 3.05) is 13.2 Å². The first-order valence-corrected chi connectivity index (χ1v) is 4.82. The summed E-state index contributed by atoms with van der Waals surface area (Å²) in [6.45, 7) is 1.35. The molecular weight excluding hydrogens is 220 g/mol. The number of carbonyl (C=O) groups is 1. The third-order valence-electron chi connectivity index (χ3n) is 1.85. The van der Waals surface area contributed by atoms with E-state index in [0.29, 0.717) is 0 Å². The van der Waals surface area contributed by atoms with E-state index in [9.17, 15) is 9.90 Å². The van der Waals surface area contributed by atoms with Gasteiger partial charge in [0.25, 0.3) is 0 Å². The predicted molar refractivity (Wildman–Crippen MR) is 52.3 cm³/mol. The molecule has 4 N–H and O–H groups in total. The molecule has 16 heavy (non-hydrogen) atoms. The molecule has 0 bridgehead atoms. The van der Waals surface area contributed by atoms with Crippen molar-refractivity contribution in [3.05, 3.63) is 0 Å².